The van der Waals surface area contributed by atoms with Gasteiger partial charge in [-0.2, -0.15) is 0 Å². The highest BCUT2D eigenvalue weighted by Crippen LogP contribution is 2.24. The molecule has 0 fully saturated rings. The summed E-state index contributed by atoms with van der Waals surface area (Å²) in [5.41, 5.74) is 1.94. The Balaban J connectivity index is 2.09. The summed E-state index contributed by atoms with van der Waals surface area (Å²) in [6, 6.07) is 5.86. The number of carbonyl (C=O) groups is 1. The number of rotatable bonds is 5. The van der Waals surface area contributed by atoms with E-state index in [1.165, 1.54) is 0 Å². The van der Waals surface area contributed by atoms with Gasteiger partial charge in [0.2, 0.25) is 11.8 Å². The van der Waals surface area contributed by atoms with Gasteiger partial charge in [-0.25, -0.2) is 0 Å². The molecule has 0 unspecified atom stereocenters. The van der Waals surface area contributed by atoms with E-state index >= 15 is 0 Å². The minimum Gasteiger partial charge on any atom is -0.481 e. The molecule has 0 bridgehead atoms. The van der Waals surface area contributed by atoms with Gasteiger partial charge in [0.15, 0.2) is 0 Å². The summed E-state index contributed by atoms with van der Waals surface area (Å²) in [4.78, 5) is 10.4. The van der Waals surface area contributed by atoms with Crippen LogP contribution in [0, 0.1) is 6.92 Å². The van der Waals surface area contributed by atoms with E-state index in [1.807, 2.05) is 25.1 Å². The number of carboxylic acid groups (broad SMARTS) is 1. The van der Waals surface area contributed by atoms with E-state index < -0.39 is 5.97 Å². The predicted octanol–water partition coefficient (Wildman–Crippen LogP) is 3.21. The van der Waals surface area contributed by atoms with E-state index in [-0.39, 0.29) is 6.42 Å². The smallest absolute Gasteiger partial charge is 0.303 e. The highest BCUT2D eigenvalue weighted by Gasteiger charge is 2.10. The maximum Gasteiger partial charge on any atom is 0.303 e. The lowest BCUT2D eigenvalue weighted by Gasteiger charge is -1.99. The molecule has 0 saturated heterocycles. The Labute approximate surface area is 118 Å². The summed E-state index contributed by atoms with van der Waals surface area (Å²) in [5.74, 6) is 0.103. The van der Waals surface area contributed by atoms with E-state index in [0.29, 0.717) is 24.6 Å². The fourth-order valence-corrected chi connectivity index (χ4v) is 2.33. The van der Waals surface area contributed by atoms with Crippen LogP contribution in [0.3, 0.4) is 0 Å². The number of aryl methyl sites for hydroxylation is 2. The molecule has 0 radical (unpaired) electrons. The molecule has 1 N–H and O–H groups in total. The summed E-state index contributed by atoms with van der Waals surface area (Å²) in [5, 5.41) is 16.5. The van der Waals surface area contributed by atoms with Gasteiger partial charge >= 0.3 is 5.97 Å². The second-order valence-electron chi connectivity index (χ2n) is 4.27. The van der Waals surface area contributed by atoms with Gasteiger partial charge in [-0.3, -0.25) is 4.79 Å². The molecule has 5 nitrogen and oxygen atoms in total. The quantitative estimate of drug-likeness (QED) is 0.913. The summed E-state index contributed by atoms with van der Waals surface area (Å²) >= 11 is 3.42. The average molecular weight is 325 g/mol. The molecule has 1 aromatic heterocycles. The zero-order chi connectivity index (χ0) is 13.8. The zero-order valence-electron chi connectivity index (χ0n) is 10.4. The standard InChI is InChI=1S/C13H13BrN2O3/c1-8-5-9(7-10(14)6-8)13-16-15-11(19-13)3-2-4-12(17)18/h5-7H,2-4H2,1H3,(H,17,18). The van der Waals surface area contributed by atoms with Crippen LogP contribution < -0.4 is 0 Å². The highest BCUT2D eigenvalue weighted by atomic mass is 79.9. The van der Waals surface area contributed by atoms with Crippen molar-refractivity contribution in [2.75, 3.05) is 0 Å². The number of hydrogen-bond acceptors (Lipinski definition) is 4. The first-order valence-corrected chi connectivity index (χ1v) is 6.65. The van der Waals surface area contributed by atoms with Crippen LogP contribution in [0.1, 0.15) is 24.3 Å². The lowest BCUT2D eigenvalue weighted by molar-refractivity contribution is -0.137. The van der Waals surface area contributed by atoms with Crippen molar-refractivity contribution in [3.05, 3.63) is 34.1 Å². The van der Waals surface area contributed by atoms with Crippen LogP contribution in [0.2, 0.25) is 0 Å². The summed E-state index contributed by atoms with van der Waals surface area (Å²) in [7, 11) is 0. The van der Waals surface area contributed by atoms with E-state index in [1.54, 1.807) is 0 Å². The van der Waals surface area contributed by atoms with Crippen molar-refractivity contribution in [2.24, 2.45) is 0 Å². The van der Waals surface area contributed by atoms with Gasteiger partial charge in [0, 0.05) is 22.9 Å². The summed E-state index contributed by atoms with van der Waals surface area (Å²) in [6.07, 6.45) is 1.08. The molecule has 0 aliphatic rings. The molecule has 2 aromatic rings. The zero-order valence-corrected chi connectivity index (χ0v) is 12.0. The van der Waals surface area contributed by atoms with Crippen LogP contribution in [-0.4, -0.2) is 21.3 Å². The molecule has 2 rings (SSSR count). The van der Waals surface area contributed by atoms with Crippen LogP contribution in [0.5, 0.6) is 0 Å². The van der Waals surface area contributed by atoms with Crippen molar-refractivity contribution < 1.29 is 14.3 Å². The third-order valence-electron chi connectivity index (χ3n) is 2.54. The number of hydrogen-bond donors (Lipinski definition) is 1. The number of halogens is 1. The monoisotopic (exact) mass is 324 g/mol. The topological polar surface area (TPSA) is 76.2 Å². The Morgan fingerprint density at radius 1 is 1.37 bits per heavy atom. The SMILES string of the molecule is Cc1cc(Br)cc(-c2nnc(CCCC(=O)O)o2)c1. The minimum absolute atomic E-state index is 0.105. The average Bonchev–Trinajstić information content (AvgIpc) is 2.76. The Bertz CT molecular complexity index is 575. The van der Waals surface area contributed by atoms with Crippen LogP contribution in [0.15, 0.2) is 27.1 Å². The number of benzene rings is 1. The molecule has 0 saturated carbocycles. The Morgan fingerprint density at radius 2 is 2.16 bits per heavy atom. The van der Waals surface area contributed by atoms with Gasteiger partial charge in [-0.1, -0.05) is 15.9 Å². The van der Waals surface area contributed by atoms with Gasteiger partial charge in [0.25, 0.3) is 0 Å². The first-order valence-electron chi connectivity index (χ1n) is 5.86. The van der Waals surface area contributed by atoms with Crippen LogP contribution in [0.4, 0.5) is 0 Å². The van der Waals surface area contributed by atoms with Crippen molar-refractivity contribution in [1.29, 1.82) is 0 Å². The lowest BCUT2D eigenvalue weighted by atomic mass is 10.1. The van der Waals surface area contributed by atoms with Crippen molar-refractivity contribution in [3.63, 3.8) is 0 Å². The van der Waals surface area contributed by atoms with Gasteiger partial charge in [-0.15, -0.1) is 10.2 Å². The van der Waals surface area contributed by atoms with Crippen molar-refractivity contribution in [2.45, 2.75) is 26.2 Å². The first kappa shape index (κ1) is 13.7. The number of carboxylic acids is 1. The second kappa shape index (κ2) is 5.97. The molecular weight excluding hydrogens is 312 g/mol. The van der Waals surface area contributed by atoms with Crippen molar-refractivity contribution in [1.82, 2.24) is 10.2 Å². The first-order chi connectivity index (χ1) is 9.04. The normalized spacial score (nSPS) is 10.6. The van der Waals surface area contributed by atoms with E-state index in [0.717, 1.165) is 15.6 Å². The molecule has 0 atom stereocenters. The maximum atomic E-state index is 10.4. The molecule has 6 heteroatoms. The molecule has 0 amide bonds. The molecule has 19 heavy (non-hydrogen) atoms. The molecule has 0 spiro atoms. The van der Waals surface area contributed by atoms with Gasteiger partial charge in [-0.05, 0) is 37.1 Å². The Hall–Kier alpha value is -1.69. The van der Waals surface area contributed by atoms with Crippen molar-refractivity contribution >= 4 is 21.9 Å². The number of aliphatic carboxylic acids is 1. The fraction of sp³-hybridized carbons (Fsp3) is 0.308. The van der Waals surface area contributed by atoms with Crippen LogP contribution >= 0.6 is 15.9 Å². The Kier molecular flexibility index (Phi) is 4.31. The maximum absolute atomic E-state index is 10.4. The highest BCUT2D eigenvalue weighted by molar-refractivity contribution is 9.10. The third-order valence-corrected chi connectivity index (χ3v) is 3.00. The summed E-state index contributed by atoms with van der Waals surface area (Å²) in [6.45, 7) is 1.98. The largest absolute Gasteiger partial charge is 0.481 e. The van der Waals surface area contributed by atoms with Gasteiger partial charge < -0.3 is 9.52 Å². The second-order valence-corrected chi connectivity index (χ2v) is 5.18. The minimum atomic E-state index is -0.817. The lowest BCUT2D eigenvalue weighted by Crippen LogP contribution is -1.95. The van der Waals surface area contributed by atoms with E-state index in [9.17, 15) is 4.79 Å². The fourth-order valence-electron chi connectivity index (χ4n) is 1.72. The van der Waals surface area contributed by atoms with Crippen molar-refractivity contribution in [3.8, 4) is 11.5 Å². The molecular formula is C13H13BrN2O3. The van der Waals surface area contributed by atoms with Crippen LogP contribution in [0.25, 0.3) is 11.5 Å². The van der Waals surface area contributed by atoms with Crippen LogP contribution in [-0.2, 0) is 11.2 Å². The molecule has 0 aliphatic heterocycles. The van der Waals surface area contributed by atoms with E-state index in [4.69, 9.17) is 9.52 Å². The molecule has 100 valence electrons. The Morgan fingerprint density at radius 3 is 2.84 bits per heavy atom. The third kappa shape index (κ3) is 3.89. The molecule has 1 heterocycles. The molecule has 1 aromatic carbocycles. The molecule has 0 aliphatic carbocycles. The summed E-state index contributed by atoms with van der Waals surface area (Å²) < 4.78 is 6.48. The van der Waals surface area contributed by atoms with E-state index in [2.05, 4.69) is 26.1 Å². The predicted molar refractivity (Wildman–Crippen MR) is 72.7 cm³/mol. The number of nitrogens with zero attached hydrogens (tertiary/aromatic N) is 2. The van der Waals surface area contributed by atoms with Gasteiger partial charge in [0.05, 0.1) is 0 Å². The van der Waals surface area contributed by atoms with Gasteiger partial charge in [0.1, 0.15) is 0 Å². The number of aromatic nitrogens is 2.